The van der Waals surface area contributed by atoms with Gasteiger partial charge in [0.05, 0.1) is 5.75 Å². The number of nitrogens with zero attached hydrogens (tertiary/aromatic N) is 3. The van der Waals surface area contributed by atoms with Gasteiger partial charge >= 0.3 is 0 Å². The molecule has 0 aliphatic carbocycles. The minimum absolute atomic E-state index is 0.0343. The second-order valence-corrected chi connectivity index (χ2v) is 7.99. The third kappa shape index (κ3) is 6.51. The quantitative estimate of drug-likeness (QED) is 0.297. The molecule has 0 bridgehead atoms. The van der Waals surface area contributed by atoms with Crippen molar-refractivity contribution in [3.63, 3.8) is 0 Å². The molecule has 1 aromatic heterocycles. The molecule has 1 amide bonds. The van der Waals surface area contributed by atoms with E-state index in [1.807, 2.05) is 38.1 Å². The summed E-state index contributed by atoms with van der Waals surface area (Å²) in [7, 11) is 0. The third-order valence-corrected chi connectivity index (χ3v) is 5.79. The second-order valence-electron chi connectivity index (χ2n) is 7.05. The van der Waals surface area contributed by atoms with Crippen LogP contribution >= 0.6 is 11.8 Å². The summed E-state index contributed by atoms with van der Waals surface area (Å²) in [5, 5.41) is 12.4. The standard InChI is InChI=1S/C22H32N4OS/c1-5-7-8-9-10-14-20-24-25-22(26(20)15-6-2)28-16-21(27)23-19-13-11-12-17(3)18(19)4/h6,11-13H,2,5,7-10,14-16H2,1,3-4H3,(H,23,27). The summed E-state index contributed by atoms with van der Waals surface area (Å²) in [6.07, 6.45) is 8.91. The van der Waals surface area contributed by atoms with Crippen molar-refractivity contribution in [2.45, 2.75) is 71.0 Å². The number of carbonyl (C=O) groups is 1. The van der Waals surface area contributed by atoms with Crippen molar-refractivity contribution in [2.75, 3.05) is 11.1 Å². The lowest BCUT2D eigenvalue weighted by Crippen LogP contribution is -2.15. The molecule has 0 aliphatic heterocycles. The van der Waals surface area contributed by atoms with Crippen LogP contribution in [0.5, 0.6) is 0 Å². The van der Waals surface area contributed by atoms with Gasteiger partial charge in [0.15, 0.2) is 5.16 Å². The average Bonchev–Trinajstić information content (AvgIpc) is 3.06. The molecule has 5 nitrogen and oxygen atoms in total. The number of amides is 1. The number of carbonyl (C=O) groups excluding carboxylic acids is 1. The molecule has 152 valence electrons. The maximum atomic E-state index is 12.4. The summed E-state index contributed by atoms with van der Waals surface area (Å²) >= 11 is 1.42. The Morgan fingerprint density at radius 2 is 2.00 bits per heavy atom. The van der Waals surface area contributed by atoms with Gasteiger partial charge in [-0.3, -0.25) is 4.79 Å². The zero-order chi connectivity index (χ0) is 20.4. The number of aryl methyl sites for hydroxylation is 2. The van der Waals surface area contributed by atoms with E-state index in [9.17, 15) is 4.79 Å². The van der Waals surface area contributed by atoms with Crippen molar-refractivity contribution >= 4 is 23.4 Å². The number of hydrogen-bond acceptors (Lipinski definition) is 4. The van der Waals surface area contributed by atoms with E-state index in [4.69, 9.17) is 0 Å². The first-order valence-electron chi connectivity index (χ1n) is 10.1. The molecule has 28 heavy (non-hydrogen) atoms. The largest absolute Gasteiger partial charge is 0.325 e. The summed E-state index contributed by atoms with van der Waals surface area (Å²) in [4.78, 5) is 12.4. The molecule has 2 rings (SSSR count). The van der Waals surface area contributed by atoms with E-state index in [-0.39, 0.29) is 5.91 Å². The number of anilines is 1. The van der Waals surface area contributed by atoms with Gasteiger partial charge in [-0.25, -0.2) is 0 Å². The molecule has 0 atom stereocenters. The molecule has 0 spiro atoms. The summed E-state index contributed by atoms with van der Waals surface area (Å²) in [5.41, 5.74) is 3.13. The fourth-order valence-electron chi connectivity index (χ4n) is 3.01. The summed E-state index contributed by atoms with van der Waals surface area (Å²) in [5.74, 6) is 1.25. The van der Waals surface area contributed by atoms with Crippen LogP contribution in [0, 0.1) is 13.8 Å². The first-order chi connectivity index (χ1) is 13.6. The van der Waals surface area contributed by atoms with E-state index in [0.717, 1.165) is 35.1 Å². The second kappa shape index (κ2) is 11.7. The Morgan fingerprint density at radius 1 is 1.21 bits per heavy atom. The summed E-state index contributed by atoms with van der Waals surface area (Å²) in [6, 6.07) is 5.93. The predicted molar refractivity (Wildman–Crippen MR) is 118 cm³/mol. The Hall–Kier alpha value is -2.08. The highest BCUT2D eigenvalue weighted by Gasteiger charge is 2.14. The summed E-state index contributed by atoms with van der Waals surface area (Å²) in [6.45, 7) is 10.8. The van der Waals surface area contributed by atoms with E-state index in [1.54, 1.807) is 0 Å². The number of nitrogens with one attached hydrogen (secondary N) is 1. The molecule has 0 aliphatic rings. The highest BCUT2D eigenvalue weighted by molar-refractivity contribution is 7.99. The van der Waals surface area contributed by atoms with Crippen molar-refractivity contribution in [1.29, 1.82) is 0 Å². The SMILES string of the molecule is C=CCn1c(CCCCCCC)nnc1SCC(=O)Nc1cccc(C)c1C. The van der Waals surface area contributed by atoms with Crippen LogP contribution in [0.25, 0.3) is 0 Å². The maximum absolute atomic E-state index is 12.4. The number of unbranched alkanes of at least 4 members (excludes halogenated alkanes) is 4. The van der Waals surface area contributed by atoms with Gasteiger partial charge in [0.1, 0.15) is 5.82 Å². The minimum atomic E-state index is -0.0343. The third-order valence-electron chi connectivity index (χ3n) is 4.82. The lowest BCUT2D eigenvalue weighted by molar-refractivity contribution is -0.113. The highest BCUT2D eigenvalue weighted by Crippen LogP contribution is 2.21. The van der Waals surface area contributed by atoms with Gasteiger partial charge in [0, 0.05) is 18.7 Å². The topological polar surface area (TPSA) is 59.8 Å². The molecule has 0 saturated carbocycles. The molecule has 6 heteroatoms. The summed E-state index contributed by atoms with van der Waals surface area (Å²) < 4.78 is 2.07. The van der Waals surface area contributed by atoms with Gasteiger partial charge in [-0.15, -0.1) is 16.8 Å². The van der Waals surface area contributed by atoms with Crippen LogP contribution in [0.4, 0.5) is 5.69 Å². The van der Waals surface area contributed by atoms with Crippen molar-refractivity contribution in [2.24, 2.45) is 0 Å². The molecule has 0 radical (unpaired) electrons. The van der Waals surface area contributed by atoms with Crippen LogP contribution in [0.3, 0.4) is 0 Å². The Labute approximate surface area is 173 Å². The minimum Gasteiger partial charge on any atom is -0.325 e. The van der Waals surface area contributed by atoms with Crippen molar-refractivity contribution < 1.29 is 4.79 Å². The number of allylic oxidation sites excluding steroid dienone is 1. The van der Waals surface area contributed by atoms with Crippen LogP contribution in [-0.4, -0.2) is 26.4 Å². The van der Waals surface area contributed by atoms with Gasteiger partial charge in [0.25, 0.3) is 0 Å². The molecule has 1 aromatic carbocycles. The predicted octanol–water partition coefficient (Wildman–Crippen LogP) is 5.32. The fraction of sp³-hybridized carbons (Fsp3) is 0.500. The molecular formula is C22H32N4OS. The Balaban J connectivity index is 1.92. The molecule has 0 fully saturated rings. The molecule has 0 unspecified atom stereocenters. The van der Waals surface area contributed by atoms with E-state index >= 15 is 0 Å². The van der Waals surface area contributed by atoms with Crippen molar-refractivity contribution in [3.8, 4) is 0 Å². The van der Waals surface area contributed by atoms with Crippen molar-refractivity contribution in [3.05, 3.63) is 47.8 Å². The number of thioether (sulfide) groups is 1. The molecular weight excluding hydrogens is 368 g/mol. The number of rotatable bonds is 12. The van der Waals surface area contributed by atoms with E-state index in [0.29, 0.717) is 12.3 Å². The Kier molecular flexibility index (Phi) is 9.28. The highest BCUT2D eigenvalue weighted by atomic mass is 32.2. The first-order valence-corrected chi connectivity index (χ1v) is 11.1. The van der Waals surface area contributed by atoms with Gasteiger partial charge in [0.2, 0.25) is 5.91 Å². The van der Waals surface area contributed by atoms with Crippen LogP contribution in [0.1, 0.15) is 56.0 Å². The number of hydrogen-bond donors (Lipinski definition) is 1. The molecule has 0 saturated heterocycles. The zero-order valence-electron chi connectivity index (χ0n) is 17.3. The van der Waals surface area contributed by atoms with Crippen LogP contribution in [0.2, 0.25) is 0 Å². The molecule has 2 aromatic rings. The van der Waals surface area contributed by atoms with Crippen molar-refractivity contribution in [1.82, 2.24) is 14.8 Å². The molecule has 1 heterocycles. The van der Waals surface area contributed by atoms with E-state index in [2.05, 4.69) is 33.6 Å². The monoisotopic (exact) mass is 400 g/mol. The average molecular weight is 401 g/mol. The number of benzene rings is 1. The van der Waals surface area contributed by atoms with E-state index in [1.165, 1.54) is 43.0 Å². The maximum Gasteiger partial charge on any atom is 0.234 e. The fourth-order valence-corrected chi connectivity index (χ4v) is 3.78. The van der Waals surface area contributed by atoms with Gasteiger partial charge in [-0.2, -0.15) is 0 Å². The number of aromatic nitrogens is 3. The van der Waals surface area contributed by atoms with E-state index < -0.39 is 0 Å². The van der Waals surface area contributed by atoms with Crippen LogP contribution in [-0.2, 0) is 17.8 Å². The Morgan fingerprint density at radius 3 is 2.75 bits per heavy atom. The lowest BCUT2D eigenvalue weighted by atomic mass is 10.1. The van der Waals surface area contributed by atoms with Gasteiger partial charge in [-0.05, 0) is 37.5 Å². The van der Waals surface area contributed by atoms with Gasteiger partial charge < -0.3 is 9.88 Å². The lowest BCUT2D eigenvalue weighted by Gasteiger charge is -2.10. The first kappa shape index (κ1) is 22.2. The zero-order valence-corrected chi connectivity index (χ0v) is 18.1. The van der Waals surface area contributed by atoms with Gasteiger partial charge in [-0.1, -0.05) is 62.6 Å². The smallest absolute Gasteiger partial charge is 0.234 e. The normalized spacial score (nSPS) is 10.8. The Bertz CT molecular complexity index is 785. The molecule has 1 N–H and O–H groups in total. The van der Waals surface area contributed by atoms with Crippen LogP contribution in [0.15, 0.2) is 36.0 Å². The van der Waals surface area contributed by atoms with Crippen LogP contribution < -0.4 is 5.32 Å².